The number of halogens is 1. The van der Waals surface area contributed by atoms with Crippen molar-refractivity contribution in [2.24, 2.45) is 10.7 Å². The Bertz CT molecular complexity index is 818. The van der Waals surface area contributed by atoms with E-state index in [1.54, 1.807) is 42.5 Å². The Balaban J connectivity index is 1.72. The van der Waals surface area contributed by atoms with Crippen LogP contribution in [0, 0.1) is 5.82 Å². The van der Waals surface area contributed by atoms with Crippen LogP contribution in [0.25, 0.3) is 6.08 Å². The number of nitrogens with zero attached hydrogens (tertiary/aromatic N) is 1. The monoisotopic (exact) mass is 328 g/mol. The highest BCUT2D eigenvalue weighted by Crippen LogP contribution is 2.27. The molecular weight excluding hydrogens is 315 g/mol. The van der Waals surface area contributed by atoms with Crippen molar-refractivity contribution in [1.29, 1.82) is 0 Å². The zero-order valence-corrected chi connectivity index (χ0v) is 12.8. The van der Waals surface area contributed by atoms with E-state index >= 15 is 0 Å². The van der Waals surface area contributed by atoms with E-state index in [0.29, 0.717) is 16.2 Å². The largest absolute Gasteiger partial charge is 0.489 e. The molecule has 2 N–H and O–H groups in total. The van der Waals surface area contributed by atoms with Crippen LogP contribution in [0.3, 0.4) is 0 Å². The van der Waals surface area contributed by atoms with Crippen molar-refractivity contribution in [1.82, 2.24) is 0 Å². The van der Waals surface area contributed by atoms with Gasteiger partial charge < -0.3 is 10.5 Å². The van der Waals surface area contributed by atoms with Crippen molar-refractivity contribution in [3.05, 3.63) is 70.4 Å². The van der Waals surface area contributed by atoms with Crippen molar-refractivity contribution in [2.75, 3.05) is 0 Å². The van der Waals surface area contributed by atoms with Crippen LogP contribution >= 0.6 is 11.8 Å². The smallest absolute Gasteiger partial charge is 0.286 e. The van der Waals surface area contributed by atoms with Gasteiger partial charge in [0.25, 0.3) is 5.91 Å². The fourth-order valence-corrected chi connectivity index (χ4v) is 2.73. The molecule has 2 aromatic rings. The number of hydrogen-bond donors (Lipinski definition) is 1. The summed E-state index contributed by atoms with van der Waals surface area (Å²) in [4.78, 5) is 15.7. The van der Waals surface area contributed by atoms with E-state index in [9.17, 15) is 9.18 Å². The third kappa shape index (κ3) is 3.78. The molecule has 6 heteroatoms. The van der Waals surface area contributed by atoms with Gasteiger partial charge in [-0.15, -0.1) is 0 Å². The van der Waals surface area contributed by atoms with Crippen molar-refractivity contribution in [3.8, 4) is 5.75 Å². The maximum absolute atomic E-state index is 13.6. The summed E-state index contributed by atoms with van der Waals surface area (Å²) >= 11 is 1.14. The fraction of sp³-hybridized carbons (Fsp3) is 0.0588. The first kappa shape index (κ1) is 15.3. The summed E-state index contributed by atoms with van der Waals surface area (Å²) in [5.41, 5.74) is 6.79. The molecule has 0 aliphatic carbocycles. The normalized spacial score (nSPS) is 15.8. The first-order valence-electron chi connectivity index (χ1n) is 6.86. The van der Waals surface area contributed by atoms with Gasteiger partial charge in [0.1, 0.15) is 18.2 Å². The summed E-state index contributed by atoms with van der Waals surface area (Å²) in [6.45, 7) is 0.135. The molecule has 1 heterocycles. The molecule has 0 aromatic heterocycles. The second kappa shape index (κ2) is 6.66. The average molecular weight is 328 g/mol. The number of amides is 1. The molecule has 0 saturated carbocycles. The zero-order valence-electron chi connectivity index (χ0n) is 12.0. The molecule has 0 bridgehead atoms. The first-order valence-corrected chi connectivity index (χ1v) is 7.68. The number of aliphatic imine (C=N–C) groups is 1. The van der Waals surface area contributed by atoms with Gasteiger partial charge >= 0.3 is 0 Å². The second-order valence-corrected chi connectivity index (χ2v) is 5.88. The van der Waals surface area contributed by atoms with Gasteiger partial charge in [-0.1, -0.05) is 30.3 Å². The topological polar surface area (TPSA) is 64.7 Å². The van der Waals surface area contributed by atoms with Gasteiger partial charge in [0.05, 0.1) is 4.91 Å². The number of benzene rings is 2. The van der Waals surface area contributed by atoms with Gasteiger partial charge in [-0.3, -0.25) is 4.79 Å². The van der Waals surface area contributed by atoms with Crippen LogP contribution in [0.5, 0.6) is 5.75 Å². The number of hydrogen-bond acceptors (Lipinski definition) is 4. The third-order valence-electron chi connectivity index (χ3n) is 3.15. The maximum atomic E-state index is 13.6. The summed E-state index contributed by atoms with van der Waals surface area (Å²) in [6.07, 6.45) is 1.70. The molecule has 2 aromatic carbocycles. The molecule has 4 nitrogen and oxygen atoms in total. The van der Waals surface area contributed by atoms with Gasteiger partial charge in [-0.2, -0.15) is 4.99 Å². The van der Waals surface area contributed by atoms with Gasteiger partial charge in [-0.25, -0.2) is 4.39 Å². The molecule has 1 aliphatic rings. The van der Waals surface area contributed by atoms with E-state index in [0.717, 1.165) is 17.3 Å². The van der Waals surface area contributed by atoms with Crippen LogP contribution in [0.15, 0.2) is 58.4 Å². The summed E-state index contributed by atoms with van der Waals surface area (Å²) < 4.78 is 19.2. The van der Waals surface area contributed by atoms with Crippen molar-refractivity contribution in [2.45, 2.75) is 6.61 Å². The Kier molecular flexibility index (Phi) is 4.43. The zero-order chi connectivity index (χ0) is 16.2. The lowest BCUT2D eigenvalue weighted by atomic mass is 10.2. The van der Waals surface area contributed by atoms with Crippen LogP contribution < -0.4 is 10.5 Å². The van der Waals surface area contributed by atoms with Crippen LogP contribution in [0.1, 0.15) is 11.1 Å². The molecule has 0 fully saturated rings. The Labute approximate surface area is 136 Å². The molecular formula is C17H13FN2O2S. The van der Waals surface area contributed by atoms with E-state index in [1.165, 1.54) is 6.07 Å². The fourth-order valence-electron chi connectivity index (χ4n) is 2.05. The summed E-state index contributed by atoms with van der Waals surface area (Å²) in [5, 5.41) is 0.244. The number of amidine groups is 1. The number of rotatable bonds is 4. The third-order valence-corrected chi connectivity index (χ3v) is 3.96. The average Bonchev–Trinajstić information content (AvgIpc) is 2.84. The van der Waals surface area contributed by atoms with E-state index in [4.69, 9.17) is 10.5 Å². The Morgan fingerprint density at radius 3 is 2.78 bits per heavy atom. The SMILES string of the molecule is NC1=NC(=O)/C(=C\c2cccc(OCc3ccccc3F)c2)S1. The quantitative estimate of drug-likeness (QED) is 0.874. The number of thioether (sulfide) groups is 1. The van der Waals surface area contributed by atoms with E-state index in [2.05, 4.69) is 4.99 Å². The number of carbonyl (C=O) groups excluding carboxylic acids is 1. The lowest BCUT2D eigenvalue weighted by Crippen LogP contribution is -2.01. The minimum absolute atomic E-state index is 0.135. The highest BCUT2D eigenvalue weighted by atomic mass is 32.2. The van der Waals surface area contributed by atoms with Gasteiger partial charge in [0, 0.05) is 5.56 Å². The maximum Gasteiger partial charge on any atom is 0.286 e. The Morgan fingerprint density at radius 1 is 1.22 bits per heavy atom. The molecule has 116 valence electrons. The highest BCUT2D eigenvalue weighted by molar-refractivity contribution is 8.18. The van der Waals surface area contributed by atoms with Gasteiger partial charge in [0.2, 0.25) is 0 Å². The standard InChI is InChI=1S/C17H13FN2O2S/c18-14-7-2-1-5-12(14)10-22-13-6-3-4-11(8-13)9-15-16(21)20-17(19)23-15/h1-9H,10H2,(H2,19,20,21)/b15-9+. The van der Waals surface area contributed by atoms with Crippen molar-refractivity contribution in [3.63, 3.8) is 0 Å². The summed E-state index contributed by atoms with van der Waals surface area (Å²) in [6, 6.07) is 13.7. The van der Waals surface area contributed by atoms with Crippen LogP contribution in [-0.4, -0.2) is 11.1 Å². The Morgan fingerprint density at radius 2 is 2.04 bits per heavy atom. The minimum Gasteiger partial charge on any atom is -0.489 e. The molecule has 3 rings (SSSR count). The van der Waals surface area contributed by atoms with Crippen LogP contribution in [0.4, 0.5) is 4.39 Å². The molecule has 1 amide bonds. The lowest BCUT2D eigenvalue weighted by molar-refractivity contribution is -0.113. The van der Waals surface area contributed by atoms with E-state index < -0.39 is 0 Å². The van der Waals surface area contributed by atoms with Crippen molar-refractivity contribution < 1.29 is 13.9 Å². The molecule has 0 spiro atoms. The Hall–Kier alpha value is -2.60. The van der Waals surface area contributed by atoms with Gasteiger partial charge in [0.15, 0.2) is 5.17 Å². The molecule has 0 saturated heterocycles. The lowest BCUT2D eigenvalue weighted by Gasteiger charge is -2.08. The summed E-state index contributed by atoms with van der Waals surface area (Å²) in [7, 11) is 0. The predicted molar refractivity (Wildman–Crippen MR) is 89.4 cm³/mol. The first-order chi connectivity index (χ1) is 11.1. The highest BCUT2D eigenvalue weighted by Gasteiger charge is 2.19. The molecule has 0 unspecified atom stereocenters. The molecule has 23 heavy (non-hydrogen) atoms. The minimum atomic E-state index is -0.342. The van der Waals surface area contributed by atoms with E-state index in [-0.39, 0.29) is 23.5 Å². The van der Waals surface area contributed by atoms with Crippen LogP contribution in [-0.2, 0) is 11.4 Å². The van der Waals surface area contributed by atoms with Crippen molar-refractivity contribution >= 4 is 28.9 Å². The van der Waals surface area contributed by atoms with E-state index in [1.807, 2.05) is 6.07 Å². The van der Waals surface area contributed by atoms with Crippen LogP contribution in [0.2, 0.25) is 0 Å². The molecule has 0 radical (unpaired) electrons. The van der Waals surface area contributed by atoms with Gasteiger partial charge in [-0.05, 0) is 41.6 Å². The number of carbonyl (C=O) groups is 1. The molecule has 1 aliphatic heterocycles. The second-order valence-electron chi connectivity index (χ2n) is 4.82. The molecule has 0 atom stereocenters. The number of nitrogens with two attached hydrogens (primary N) is 1. The predicted octanol–water partition coefficient (Wildman–Crippen LogP) is 3.33. The summed E-state index contributed by atoms with van der Waals surface area (Å²) in [5.74, 6) is -0.0523. The number of ether oxygens (including phenoxy) is 1.